The summed E-state index contributed by atoms with van der Waals surface area (Å²) in [6.45, 7) is 6.00. The fourth-order valence-electron chi connectivity index (χ4n) is 2.32. The summed E-state index contributed by atoms with van der Waals surface area (Å²) >= 11 is 0. The zero-order valence-corrected chi connectivity index (χ0v) is 12.5. The summed E-state index contributed by atoms with van der Waals surface area (Å²) in [5.41, 5.74) is 0.438. The van der Waals surface area contributed by atoms with Gasteiger partial charge in [-0.2, -0.15) is 0 Å². The van der Waals surface area contributed by atoms with Crippen molar-refractivity contribution in [3.63, 3.8) is 0 Å². The number of hydrogen-bond acceptors (Lipinski definition) is 3. The van der Waals surface area contributed by atoms with Gasteiger partial charge in [-0.3, -0.25) is 4.79 Å². The molecular weight excluding hydrogens is 270 g/mol. The van der Waals surface area contributed by atoms with Crippen molar-refractivity contribution in [2.75, 3.05) is 18.4 Å². The minimum atomic E-state index is -0.885. The molecule has 0 radical (unpaired) electrons. The highest BCUT2D eigenvalue weighted by atomic mass is 16.3. The molecule has 6 nitrogen and oxygen atoms in total. The first-order valence-corrected chi connectivity index (χ1v) is 6.97. The maximum absolute atomic E-state index is 12.4. The maximum Gasteiger partial charge on any atom is 0.322 e. The second-order valence-electron chi connectivity index (χ2n) is 5.70. The van der Waals surface area contributed by atoms with E-state index >= 15 is 0 Å². The molecule has 0 spiro atoms. The van der Waals surface area contributed by atoms with Crippen LogP contribution in [0.3, 0.4) is 0 Å². The zero-order valence-electron chi connectivity index (χ0n) is 12.5. The van der Waals surface area contributed by atoms with Crippen molar-refractivity contribution in [3.8, 4) is 0 Å². The highest BCUT2D eigenvalue weighted by molar-refractivity contribution is 5.96. The van der Waals surface area contributed by atoms with Crippen molar-refractivity contribution in [2.45, 2.75) is 32.4 Å². The van der Waals surface area contributed by atoms with Gasteiger partial charge in [0.15, 0.2) is 0 Å². The number of carbonyl (C=O) groups is 2. The smallest absolute Gasteiger partial charge is 0.322 e. The zero-order chi connectivity index (χ0) is 15.6. The molecule has 0 aliphatic carbocycles. The highest BCUT2D eigenvalue weighted by Crippen LogP contribution is 2.21. The summed E-state index contributed by atoms with van der Waals surface area (Å²) in [6, 6.07) is 6.71. The molecule has 1 aliphatic heterocycles. The van der Waals surface area contributed by atoms with E-state index in [9.17, 15) is 14.7 Å². The Balaban J connectivity index is 2.14. The van der Waals surface area contributed by atoms with Gasteiger partial charge >= 0.3 is 6.03 Å². The van der Waals surface area contributed by atoms with Crippen LogP contribution in [0.4, 0.5) is 10.5 Å². The van der Waals surface area contributed by atoms with Crippen LogP contribution in [-0.2, 0) is 4.79 Å². The molecule has 1 unspecified atom stereocenters. The van der Waals surface area contributed by atoms with Crippen molar-refractivity contribution >= 4 is 17.6 Å². The summed E-state index contributed by atoms with van der Waals surface area (Å²) in [6.07, 6.45) is -0.598. The van der Waals surface area contributed by atoms with Gasteiger partial charge in [0.25, 0.3) is 0 Å². The molecule has 1 fully saturated rings. The van der Waals surface area contributed by atoms with Crippen LogP contribution in [0.25, 0.3) is 0 Å². The molecule has 6 heteroatoms. The average molecular weight is 291 g/mol. The third kappa shape index (κ3) is 3.16. The Morgan fingerprint density at radius 3 is 2.86 bits per heavy atom. The third-order valence-corrected chi connectivity index (χ3v) is 3.72. The molecule has 1 saturated heterocycles. The largest absolute Gasteiger partial charge is 0.389 e. The number of anilines is 1. The topological polar surface area (TPSA) is 81.7 Å². The Morgan fingerprint density at radius 2 is 2.19 bits per heavy atom. The average Bonchev–Trinajstić information content (AvgIpc) is 2.42. The lowest BCUT2D eigenvalue weighted by atomic mass is 9.99. The fourth-order valence-corrected chi connectivity index (χ4v) is 2.32. The van der Waals surface area contributed by atoms with Crippen molar-refractivity contribution in [3.05, 3.63) is 29.8 Å². The number of hydrogen-bond donors (Lipinski definition) is 3. The highest BCUT2D eigenvalue weighted by Gasteiger charge is 2.40. The van der Waals surface area contributed by atoms with Gasteiger partial charge in [-0.05, 0) is 38.5 Å². The van der Waals surface area contributed by atoms with E-state index < -0.39 is 11.6 Å². The van der Waals surface area contributed by atoms with E-state index in [1.807, 2.05) is 0 Å². The number of nitrogens with one attached hydrogen (secondary N) is 2. The SMILES string of the molecule is CC(O)c1cccc(NC(=O)N2CCNC(=O)C2(C)C)c1. The molecule has 2 rings (SSSR count). The minimum Gasteiger partial charge on any atom is -0.389 e. The molecule has 1 atom stereocenters. The number of aliphatic hydroxyl groups excluding tert-OH is 1. The normalized spacial score (nSPS) is 18.9. The number of amides is 3. The van der Waals surface area contributed by atoms with E-state index in [2.05, 4.69) is 10.6 Å². The Labute approximate surface area is 124 Å². The van der Waals surface area contributed by atoms with E-state index in [0.29, 0.717) is 18.8 Å². The van der Waals surface area contributed by atoms with Gasteiger partial charge in [-0.1, -0.05) is 12.1 Å². The van der Waals surface area contributed by atoms with Crippen molar-refractivity contribution in [1.82, 2.24) is 10.2 Å². The molecule has 3 N–H and O–H groups in total. The number of nitrogens with zero attached hydrogens (tertiary/aromatic N) is 1. The molecule has 3 amide bonds. The summed E-state index contributed by atoms with van der Waals surface area (Å²) in [4.78, 5) is 25.8. The number of piperazine rings is 1. The van der Waals surface area contributed by atoms with Crippen molar-refractivity contribution in [2.24, 2.45) is 0 Å². The minimum absolute atomic E-state index is 0.165. The van der Waals surface area contributed by atoms with E-state index in [1.54, 1.807) is 45.0 Å². The van der Waals surface area contributed by atoms with Crippen LogP contribution in [-0.4, -0.2) is 40.6 Å². The summed E-state index contributed by atoms with van der Waals surface area (Å²) in [5.74, 6) is -0.165. The Hall–Kier alpha value is -2.08. The van der Waals surface area contributed by atoms with Crippen LogP contribution in [0, 0.1) is 0 Å². The number of urea groups is 1. The van der Waals surface area contributed by atoms with Gasteiger partial charge < -0.3 is 20.6 Å². The molecular formula is C15H21N3O3. The molecule has 1 aliphatic rings. The molecule has 1 aromatic rings. The van der Waals surface area contributed by atoms with E-state index in [-0.39, 0.29) is 11.9 Å². The van der Waals surface area contributed by atoms with E-state index in [0.717, 1.165) is 5.56 Å². The maximum atomic E-state index is 12.4. The van der Waals surface area contributed by atoms with Gasteiger partial charge in [-0.15, -0.1) is 0 Å². The third-order valence-electron chi connectivity index (χ3n) is 3.72. The second kappa shape index (κ2) is 5.73. The fraction of sp³-hybridized carbons (Fsp3) is 0.467. The molecule has 114 valence electrons. The summed E-state index contributed by atoms with van der Waals surface area (Å²) in [5, 5.41) is 15.1. The first kappa shape index (κ1) is 15.3. The summed E-state index contributed by atoms with van der Waals surface area (Å²) < 4.78 is 0. The van der Waals surface area contributed by atoms with Crippen LogP contribution >= 0.6 is 0 Å². The second-order valence-corrected chi connectivity index (χ2v) is 5.70. The van der Waals surface area contributed by atoms with Crippen LogP contribution in [0.2, 0.25) is 0 Å². The Morgan fingerprint density at radius 1 is 1.48 bits per heavy atom. The Kier molecular flexibility index (Phi) is 4.18. The number of aliphatic hydroxyl groups is 1. The lowest BCUT2D eigenvalue weighted by Gasteiger charge is -2.40. The number of rotatable bonds is 2. The quantitative estimate of drug-likeness (QED) is 0.772. The van der Waals surface area contributed by atoms with Gasteiger partial charge in [0.05, 0.1) is 6.10 Å². The van der Waals surface area contributed by atoms with Crippen LogP contribution in [0.5, 0.6) is 0 Å². The first-order chi connectivity index (χ1) is 9.82. The molecule has 1 heterocycles. The van der Waals surface area contributed by atoms with Crippen LogP contribution in [0.1, 0.15) is 32.4 Å². The standard InChI is InChI=1S/C15H21N3O3/c1-10(19)11-5-4-6-12(9-11)17-14(21)18-8-7-16-13(20)15(18,2)3/h4-6,9-10,19H,7-8H2,1-3H3,(H,16,20)(H,17,21). The lowest BCUT2D eigenvalue weighted by molar-refractivity contribution is -0.132. The molecule has 21 heavy (non-hydrogen) atoms. The van der Waals surface area contributed by atoms with Gasteiger partial charge in [-0.25, -0.2) is 4.79 Å². The lowest BCUT2D eigenvalue weighted by Crippen LogP contribution is -2.64. The molecule has 1 aromatic carbocycles. The van der Waals surface area contributed by atoms with Gasteiger partial charge in [0.1, 0.15) is 5.54 Å². The Bertz CT molecular complexity index is 555. The molecule has 0 saturated carbocycles. The van der Waals surface area contributed by atoms with Crippen LogP contribution in [0.15, 0.2) is 24.3 Å². The number of carbonyl (C=O) groups excluding carboxylic acids is 2. The van der Waals surface area contributed by atoms with Crippen molar-refractivity contribution in [1.29, 1.82) is 0 Å². The van der Waals surface area contributed by atoms with Gasteiger partial charge in [0, 0.05) is 18.8 Å². The predicted octanol–water partition coefficient (Wildman–Crippen LogP) is 1.48. The van der Waals surface area contributed by atoms with E-state index in [4.69, 9.17) is 0 Å². The molecule has 0 bridgehead atoms. The number of benzene rings is 1. The van der Waals surface area contributed by atoms with E-state index in [1.165, 1.54) is 4.90 Å². The first-order valence-electron chi connectivity index (χ1n) is 6.97. The van der Waals surface area contributed by atoms with Gasteiger partial charge in [0.2, 0.25) is 5.91 Å². The van der Waals surface area contributed by atoms with Crippen LogP contribution < -0.4 is 10.6 Å². The molecule has 0 aromatic heterocycles. The monoisotopic (exact) mass is 291 g/mol. The predicted molar refractivity (Wildman–Crippen MR) is 79.9 cm³/mol. The van der Waals surface area contributed by atoms with Crippen molar-refractivity contribution < 1.29 is 14.7 Å². The summed E-state index contributed by atoms with van der Waals surface area (Å²) in [7, 11) is 0.